The van der Waals surface area contributed by atoms with Gasteiger partial charge in [0.05, 0.1) is 18.5 Å². The van der Waals surface area contributed by atoms with Crippen LogP contribution in [0.2, 0.25) is 0 Å². The van der Waals surface area contributed by atoms with Gasteiger partial charge in [-0.25, -0.2) is 4.79 Å². The Balaban J connectivity index is 1.54. The smallest absolute Gasteiger partial charge is 0.389 e. The van der Waals surface area contributed by atoms with Crippen molar-refractivity contribution in [2.24, 2.45) is 5.92 Å². The van der Waals surface area contributed by atoms with Crippen LogP contribution in [0.1, 0.15) is 31.7 Å². The van der Waals surface area contributed by atoms with Gasteiger partial charge in [0.2, 0.25) is 0 Å². The van der Waals surface area contributed by atoms with E-state index in [1.54, 1.807) is 35.5 Å². The molecule has 2 aromatic rings. The minimum Gasteiger partial charge on any atom is -0.494 e. The van der Waals surface area contributed by atoms with Gasteiger partial charge in [-0.05, 0) is 48.6 Å². The molecule has 0 bridgehead atoms. The molecule has 1 N–H and O–H groups in total. The number of halogens is 3. The highest BCUT2D eigenvalue weighted by Crippen LogP contribution is 2.27. The van der Waals surface area contributed by atoms with Crippen LogP contribution in [0, 0.1) is 5.92 Å². The van der Waals surface area contributed by atoms with Crippen LogP contribution in [0.4, 0.5) is 23.7 Å². The molecule has 1 unspecified atom stereocenters. The molecular weight excluding hydrogens is 407 g/mol. The molecule has 1 fully saturated rings. The summed E-state index contributed by atoms with van der Waals surface area (Å²) in [5.74, 6) is 0.738. The quantitative estimate of drug-likeness (QED) is 0.590. The number of nitrogens with one attached hydrogen (secondary N) is 1. The number of carbonyl (C=O) groups excluding carboxylic acids is 1. The summed E-state index contributed by atoms with van der Waals surface area (Å²) in [6.45, 7) is 3.31. The number of carbonyl (C=O) groups is 1. The van der Waals surface area contributed by atoms with E-state index in [4.69, 9.17) is 4.74 Å². The molecule has 8 heteroatoms. The monoisotopic (exact) mass is 433 g/mol. The Labute approximate surface area is 179 Å². The number of aromatic nitrogens is 1. The minimum atomic E-state index is -4.16. The van der Waals surface area contributed by atoms with Crippen molar-refractivity contribution in [3.8, 4) is 5.75 Å². The summed E-state index contributed by atoms with van der Waals surface area (Å²) >= 11 is 0. The molecule has 1 saturated heterocycles. The highest BCUT2D eigenvalue weighted by atomic mass is 19.4. The summed E-state index contributed by atoms with van der Waals surface area (Å²) in [4.78, 5) is 18.3. The summed E-state index contributed by atoms with van der Waals surface area (Å²) in [6.07, 6.45) is 1.01. The molecule has 0 spiro atoms. The summed E-state index contributed by atoms with van der Waals surface area (Å²) < 4.78 is 42.2. The van der Waals surface area contributed by atoms with Gasteiger partial charge < -0.3 is 15.0 Å². The zero-order valence-corrected chi connectivity index (χ0v) is 17.4. The van der Waals surface area contributed by atoms with E-state index in [2.05, 4.69) is 23.3 Å². The molecule has 1 aliphatic rings. The highest BCUT2D eigenvalue weighted by Gasteiger charge is 2.26. The first-order valence-corrected chi connectivity index (χ1v) is 10.3. The van der Waals surface area contributed by atoms with E-state index in [0.717, 1.165) is 12.0 Å². The Morgan fingerprint density at radius 3 is 2.87 bits per heavy atom. The Morgan fingerprint density at radius 1 is 1.32 bits per heavy atom. The normalized spacial score (nSPS) is 18.1. The van der Waals surface area contributed by atoms with Gasteiger partial charge in [-0.15, -0.1) is 0 Å². The predicted octanol–water partition coefficient (Wildman–Crippen LogP) is 5.76. The van der Waals surface area contributed by atoms with Gasteiger partial charge in [-0.2, -0.15) is 13.2 Å². The fourth-order valence-corrected chi connectivity index (χ4v) is 3.46. The molecule has 2 heterocycles. The fourth-order valence-electron chi connectivity index (χ4n) is 3.46. The van der Waals surface area contributed by atoms with Gasteiger partial charge in [0.25, 0.3) is 0 Å². The second-order valence-electron chi connectivity index (χ2n) is 7.63. The van der Waals surface area contributed by atoms with Gasteiger partial charge in [-0.1, -0.05) is 30.7 Å². The van der Waals surface area contributed by atoms with Gasteiger partial charge in [0.15, 0.2) is 0 Å². The average Bonchev–Trinajstić information content (AvgIpc) is 2.73. The standard InChI is InChI=1S/C23H26F3N3O2/c1-17-16-29(22(30)28-20-6-3-10-27-15-20)11-8-19(17)13-18-5-2-7-21(14-18)31-12-4-9-23(24,25)26/h2-3,5-7,10,13-15,17H,4,8-9,11-12,16H2,1H3,(H,28,30). The zero-order chi connectivity index (χ0) is 22.3. The molecule has 1 aromatic heterocycles. The van der Waals surface area contributed by atoms with E-state index in [1.807, 2.05) is 18.2 Å². The molecule has 0 aliphatic carbocycles. The topological polar surface area (TPSA) is 54.5 Å². The van der Waals surface area contributed by atoms with Crippen LogP contribution >= 0.6 is 0 Å². The summed E-state index contributed by atoms with van der Waals surface area (Å²) in [5.41, 5.74) is 2.82. The Kier molecular flexibility index (Phi) is 7.55. The number of urea groups is 1. The van der Waals surface area contributed by atoms with Crippen LogP contribution in [0.3, 0.4) is 0 Å². The lowest BCUT2D eigenvalue weighted by Crippen LogP contribution is -2.42. The van der Waals surface area contributed by atoms with Crippen LogP contribution in [0.25, 0.3) is 6.08 Å². The lowest BCUT2D eigenvalue weighted by atomic mass is 9.91. The molecule has 1 atom stereocenters. The van der Waals surface area contributed by atoms with Gasteiger partial charge in [0, 0.05) is 25.7 Å². The lowest BCUT2D eigenvalue weighted by Gasteiger charge is -2.33. The second-order valence-corrected chi connectivity index (χ2v) is 7.63. The molecule has 0 saturated carbocycles. The third-order valence-corrected chi connectivity index (χ3v) is 5.08. The third-order valence-electron chi connectivity index (χ3n) is 5.08. The van der Waals surface area contributed by atoms with Crippen molar-refractivity contribution >= 4 is 17.8 Å². The zero-order valence-electron chi connectivity index (χ0n) is 17.4. The molecular formula is C23H26F3N3O2. The van der Waals surface area contributed by atoms with E-state index in [0.29, 0.717) is 24.5 Å². The first-order chi connectivity index (χ1) is 14.8. The summed E-state index contributed by atoms with van der Waals surface area (Å²) in [7, 11) is 0. The average molecular weight is 433 g/mol. The van der Waals surface area contributed by atoms with Gasteiger partial charge in [-0.3, -0.25) is 4.98 Å². The number of amides is 2. The molecule has 166 valence electrons. The molecule has 31 heavy (non-hydrogen) atoms. The van der Waals surface area contributed by atoms with Crippen LogP contribution in [-0.2, 0) is 0 Å². The van der Waals surface area contributed by atoms with Crippen LogP contribution in [0.5, 0.6) is 5.75 Å². The first-order valence-electron chi connectivity index (χ1n) is 10.3. The molecule has 5 nitrogen and oxygen atoms in total. The van der Waals surface area contributed by atoms with Crippen molar-refractivity contribution in [1.29, 1.82) is 0 Å². The van der Waals surface area contributed by atoms with Gasteiger partial charge >= 0.3 is 12.2 Å². The first kappa shape index (κ1) is 22.7. The number of hydrogen-bond donors (Lipinski definition) is 1. The number of alkyl halides is 3. The van der Waals surface area contributed by atoms with Crippen molar-refractivity contribution in [3.05, 3.63) is 59.9 Å². The molecule has 1 aliphatic heterocycles. The fraction of sp³-hybridized carbons (Fsp3) is 0.391. The SMILES string of the molecule is CC1CN(C(=O)Nc2cccnc2)CCC1=Cc1cccc(OCCCC(F)(F)F)c1. The van der Waals surface area contributed by atoms with Crippen molar-refractivity contribution in [3.63, 3.8) is 0 Å². The van der Waals surface area contributed by atoms with E-state index in [9.17, 15) is 18.0 Å². The third kappa shape index (κ3) is 7.31. The number of anilines is 1. The number of hydrogen-bond acceptors (Lipinski definition) is 3. The number of ether oxygens (including phenoxy) is 1. The molecule has 2 amide bonds. The number of rotatable bonds is 6. The van der Waals surface area contributed by atoms with E-state index >= 15 is 0 Å². The Bertz CT molecular complexity index is 900. The number of benzene rings is 1. The van der Waals surface area contributed by atoms with E-state index < -0.39 is 12.6 Å². The lowest BCUT2D eigenvalue weighted by molar-refractivity contribution is -0.136. The highest BCUT2D eigenvalue weighted by molar-refractivity contribution is 5.89. The number of pyridine rings is 1. The molecule has 3 rings (SSSR count). The summed E-state index contributed by atoms with van der Waals surface area (Å²) in [6, 6.07) is 10.7. The Morgan fingerprint density at radius 2 is 2.16 bits per heavy atom. The number of nitrogens with zero attached hydrogens (tertiary/aromatic N) is 2. The minimum absolute atomic E-state index is 0.0247. The van der Waals surface area contributed by atoms with E-state index in [-0.39, 0.29) is 25.0 Å². The van der Waals surface area contributed by atoms with Crippen molar-refractivity contribution < 1.29 is 22.7 Å². The maximum atomic E-state index is 12.5. The molecule has 1 aromatic carbocycles. The summed E-state index contributed by atoms with van der Waals surface area (Å²) in [5, 5.41) is 2.86. The van der Waals surface area contributed by atoms with Crippen LogP contribution < -0.4 is 10.1 Å². The predicted molar refractivity (Wildman–Crippen MR) is 114 cm³/mol. The van der Waals surface area contributed by atoms with Gasteiger partial charge in [0.1, 0.15) is 5.75 Å². The maximum Gasteiger partial charge on any atom is 0.389 e. The van der Waals surface area contributed by atoms with Crippen molar-refractivity contribution in [2.75, 3.05) is 25.0 Å². The van der Waals surface area contributed by atoms with Crippen LogP contribution in [-0.4, -0.2) is 41.8 Å². The molecule has 0 radical (unpaired) electrons. The van der Waals surface area contributed by atoms with Crippen LogP contribution in [0.15, 0.2) is 54.4 Å². The second kappa shape index (κ2) is 10.3. The largest absolute Gasteiger partial charge is 0.494 e. The van der Waals surface area contributed by atoms with Crippen molar-refractivity contribution in [1.82, 2.24) is 9.88 Å². The van der Waals surface area contributed by atoms with Crippen molar-refractivity contribution in [2.45, 2.75) is 32.4 Å². The maximum absolute atomic E-state index is 12.5. The number of piperidine rings is 1. The Hall–Kier alpha value is -3.03. The number of likely N-dealkylation sites (tertiary alicyclic amines) is 1. The van der Waals surface area contributed by atoms with E-state index in [1.165, 1.54) is 5.57 Å².